The molecule has 0 unspecified atom stereocenters. The second-order valence-electron chi connectivity index (χ2n) is 6.66. The Morgan fingerprint density at radius 1 is 1.19 bits per heavy atom. The topological polar surface area (TPSA) is 40.5 Å². The Bertz CT molecular complexity index is 496. The van der Waals surface area contributed by atoms with Crippen LogP contribution in [0.15, 0.2) is 24.3 Å². The lowest BCUT2D eigenvalue weighted by Crippen LogP contribution is -2.28. The summed E-state index contributed by atoms with van der Waals surface area (Å²) in [6, 6.07) is 8.16. The molecule has 114 valence electrons. The molecular weight excluding hydrogens is 262 g/mol. The Morgan fingerprint density at radius 2 is 2.00 bits per heavy atom. The Labute approximate surface area is 127 Å². The van der Waals surface area contributed by atoms with Crippen LogP contribution in [0, 0.1) is 11.8 Å². The molecule has 1 saturated carbocycles. The molecule has 1 N–H and O–H groups in total. The zero-order valence-electron chi connectivity index (χ0n) is 12.6. The van der Waals surface area contributed by atoms with Crippen LogP contribution >= 0.6 is 0 Å². The number of rotatable bonds is 6. The minimum Gasteiger partial charge on any atom is -0.392 e. The van der Waals surface area contributed by atoms with Gasteiger partial charge in [0.1, 0.15) is 0 Å². The molecule has 1 aromatic rings. The van der Waals surface area contributed by atoms with Gasteiger partial charge < -0.3 is 10.0 Å². The number of carbonyl (C=O) groups is 1. The molecule has 1 atom stereocenters. The van der Waals surface area contributed by atoms with E-state index in [9.17, 15) is 9.90 Å². The molecule has 0 radical (unpaired) electrons. The molecule has 1 aliphatic carbocycles. The number of likely N-dealkylation sites (tertiary alicyclic amines) is 1. The molecule has 21 heavy (non-hydrogen) atoms. The SMILES string of the molecule is O=C(CCC1CC1)N1CC[C@@H](Cc2cccc(CO)c2)C1. The first-order valence-electron chi connectivity index (χ1n) is 8.21. The van der Waals surface area contributed by atoms with Gasteiger partial charge in [0.05, 0.1) is 6.61 Å². The van der Waals surface area contributed by atoms with Crippen molar-refractivity contribution >= 4 is 5.91 Å². The van der Waals surface area contributed by atoms with Crippen molar-refractivity contribution in [2.45, 2.75) is 45.1 Å². The monoisotopic (exact) mass is 287 g/mol. The van der Waals surface area contributed by atoms with Crippen LogP contribution in [0.25, 0.3) is 0 Å². The third-order valence-corrected chi connectivity index (χ3v) is 4.80. The minimum absolute atomic E-state index is 0.101. The smallest absolute Gasteiger partial charge is 0.222 e. The number of carbonyl (C=O) groups excluding carboxylic acids is 1. The van der Waals surface area contributed by atoms with E-state index < -0.39 is 0 Å². The summed E-state index contributed by atoms with van der Waals surface area (Å²) in [6.07, 6.45) is 6.63. The Balaban J connectivity index is 1.48. The zero-order chi connectivity index (χ0) is 14.7. The first-order valence-corrected chi connectivity index (χ1v) is 8.21. The lowest BCUT2D eigenvalue weighted by Gasteiger charge is -2.16. The van der Waals surface area contributed by atoms with Crippen molar-refractivity contribution in [1.82, 2.24) is 4.90 Å². The van der Waals surface area contributed by atoms with Gasteiger partial charge in [-0.2, -0.15) is 0 Å². The molecule has 3 rings (SSSR count). The second-order valence-corrected chi connectivity index (χ2v) is 6.66. The molecule has 1 aliphatic heterocycles. The summed E-state index contributed by atoms with van der Waals surface area (Å²) in [5.74, 6) is 1.77. The van der Waals surface area contributed by atoms with Crippen LogP contribution in [0.3, 0.4) is 0 Å². The molecule has 1 heterocycles. The third kappa shape index (κ3) is 4.07. The normalized spacial score (nSPS) is 21.8. The van der Waals surface area contributed by atoms with E-state index in [-0.39, 0.29) is 6.61 Å². The van der Waals surface area contributed by atoms with Crippen molar-refractivity contribution in [3.63, 3.8) is 0 Å². The maximum atomic E-state index is 12.2. The van der Waals surface area contributed by atoms with E-state index in [0.29, 0.717) is 11.8 Å². The molecule has 2 fully saturated rings. The molecule has 0 spiro atoms. The predicted molar refractivity (Wildman–Crippen MR) is 82.7 cm³/mol. The van der Waals surface area contributed by atoms with Crippen LogP contribution in [-0.2, 0) is 17.8 Å². The lowest BCUT2D eigenvalue weighted by molar-refractivity contribution is -0.130. The van der Waals surface area contributed by atoms with Crippen molar-refractivity contribution in [2.24, 2.45) is 11.8 Å². The summed E-state index contributed by atoms with van der Waals surface area (Å²) < 4.78 is 0. The van der Waals surface area contributed by atoms with Gasteiger partial charge in [-0.3, -0.25) is 4.79 Å². The van der Waals surface area contributed by atoms with Crippen LogP contribution in [0.4, 0.5) is 0 Å². The van der Waals surface area contributed by atoms with E-state index in [1.54, 1.807) is 0 Å². The molecule has 3 nitrogen and oxygen atoms in total. The first-order chi connectivity index (χ1) is 10.2. The molecule has 2 aliphatic rings. The molecule has 0 aromatic heterocycles. The quantitative estimate of drug-likeness (QED) is 0.874. The molecule has 0 bridgehead atoms. The second kappa shape index (κ2) is 6.61. The minimum atomic E-state index is 0.101. The fourth-order valence-corrected chi connectivity index (χ4v) is 3.31. The maximum Gasteiger partial charge on any atom is 0.222 e. The standard InChI is InChI=1S/C18H25NO2/c20-13-17-3-1-2-15(11-17)10-16-8-9-19(12-16)18(21)7-6-14-4-5-14/h1-3,11,14,16,20H,4-10,12-13H2/t16-/m0/s1. The number of hydrogen-bond acceptors (Lipinski definition) is 2. The summed E-state index contributed by atoms with van der Waals surface area (Å²) in [5, 5.41) is 9.19. The van der Waals surface area contributed by atoms with Crippen LogP contribution in [0.2, 0.25) is 0 Å². The average molecular weight is 287 g/mol. The number of amides is 1. The first kappa shape index (κ1) is 14.6. The van der Waals surface area contributed by atoms with Crippen LogP contribution in [0.5, 0.6) is 0 Å². The van der Waals surface area contributed by atoms with E-state index in [2.05, 4.69) is 17.0 Å². The highest BCUT2D eigenvalue weighted by atomic mass is 16.3. The largest absolute Gasteiger partial charge is 0.392 e. The molecule has 1 saturated heterocycles. The fourth-order valence-electron chi connectivity index (χ4n) is 3.31. The fraction of sp³-hybridized carbons (Fsp3) is 0.611. The number of nitrogens with zero attached hydrogens (tertiary/aromatic N) is 1. The van der Waals surface area contributed by atoms with E-state index in [0.717, 1.165) is 50.3 Å². The Hall–Kier alpha value is -1.35. The number of aliphatic hydroxyl groups is 1. The van der Waals surface area contributed by atoms with Crippen LogP contribution in [-0.4, -0.2) is 29.0 Å². The molecule has 1 aromatic carbocycles. The maximum absolute atomic E-state index is 12.2. The average Bonchev–Trinajstić information content (AvgIpc) is 3.23. The van der Waals surface area contributed by atoms with Crippen molar-refractivity contribution in [2.75, 3.05) is 13.1 Å². The van der Waals surface area contributed by atoms with Crippen molar-refractivity contribution in [3.8, 4) is 0 Å². The van der Waals surface area contributed by atoms with Crippen molar-refractivity contribution in [3.05, 3.63) is 35.4 Å². The Kier molecular flexibility index (Phi) is 4.59. The highest BCUT2D eigenvalue weighted by Gasteiger charge is 2.28. The number of aliphatic hydroxyl groups excluding tert-OH is 1. The van der Waals surface area contributed by atoms with Crippen LogP contribution in [0.1, 0.15) is 43.2 Å². The van der Waals surface area contributed by atoms with Gasteiger partial charge in [-0.15, -0.1) is 0 Å². The summed E-state index contributed by atoms with van der Waals surface area (Å²) in [5.41, 5.74) is 2.25. The van der Waals surface area contributed by atoms with E-state index in [1.165, 1.54) is 18.4 Å². The molecule has 3 heteroatoms. The van der Waals surface area contributed by atoms with E-state index in [4.69, 9.17) is 0 Å². The lowest BCUT2D eigenvalue weighted by atomic mass is 9.97. The van der Waals surface area contributed by atoms with E-state index in [1.807, 2.05) is 12.1 Å². The van der Waals surface area contributed by atoms with Gasteiger partial charge in [-0.25, -0.2) is 0 Å². The van der Waals surface area contributed by atoms with E-state index >= 15 is 0 Å². The molecule has 1 amide bonds. The van der Waals surface area contributed by atoms with Crippen LogP contribution < -0.4 is 0 Å². The summed E-state index contributed by atoms with van der Waals surface area (Å²) in [7, 11) is 0. The zero-order valence-corrected chi connectivity index (χ0v) is 12.6. The van der Waals surface area contributed by atoms with Gasteiger partial charge in [-0.05, 0) is 42.2 Å². The number of hydrogen-bond donors (Lipinski definition) is 1. The van der Waals surface area contributed by atoms with Gasteiger partial charge in [0.15, 0.2) is 0 Å². The summed E-state index contributed by atoms with van der Waals surface area (Å²) in [6.45, 7) is 1.94. The third-order valence-electron chi connectivity index (χ3n) is 4.80. The Morgan fingerprint density at radius 3 is 2.76 bits per heavy atom. The van der Waals surface area contributed by atoms with Gasteiger partial charge in [0, 0.05) is 19.5 Å². The van der Waals surface area contributed by atoms with Crippen molar-refractivity contribution < 1.29 is 9.90 Å². The summed E-state index contributed by atoms with van der Waals surface area (Å²) in [4.78, 5) is 14.2. The predicted octanol–water partition coefficient (Wildman–Crippen LogP) is 2.76. The van der Waals surface area contributed by atoms with Gasteiger partial charge >= 0.3 is 0 Å². The highest BCUT2D eigenvalue weighted by molar-refractivity contribution is 5.76. The van der Waals surface area contributed by atoms with Gasteiger partial charge in [0.25, 0.3) is 0 Å². The van der Waals surface area contributed by atoms with Gasteiger partial charge in [0.2, 0.25) is 5.91 Å². The van der Waals surface area contributed by atoms with Crippen molar-refractivity contribution in [1.29, 1.82) is 0 Å². The summed E-state index contributed by atoms with van der Waals surface area (Å²) >= 11 is 0. The number of benzene rings is 1. The molecular formula is C18H25NO2. The highest BCUT2D eigenvalue weighted by Crippen LogP contribution is 2.34. The van der Waals surface area contributed by atoms with Gasteiger partial charge in [-0.1, -0.05) is 37.1 Å².